The fourth-order valence-electron chi connectivity index (χ4n) is 2.69. The molecule has 1 heterocycles. The summed E-state index contributed by atoms with van der Waals surface area (Å²) in [6, 6.07) is 13.1. The molecule has 1 amide bonds. The van der Waals surface area contributed by atoms with Crippen molar-refractivity contribution in [3.05, 3.63) is 53.3 Å². The number of benzene rings is 2. The molecule has 0 aliphatic carbocycles. The van der Waals surface area contributed by atoms with Crippen LogP contribution in [0, 0.1) is 0 Å². The van der Waals surface area contributed by atoms with Crippen LogP contribution in [-0.4, -0.2) is 28.8 Å². The Kier molecular flexibility index (Phi) is 5.50. The average molecular weight is 376 g/mol. The number of fused-ring (bicyclic) bond motifs is 1. The number of rotatable bonds is 6. The van der Waals surface area contributed by atoms with Crippen LogP contribution in [0.15, 0.2) is 42.5 Å². The molecule has 25 heavy (non-hydrogen) atoms. The molecule has 0 fully saturated rings. The second-order valence-corrected chi connectivity index (χ2v) is 6.68. The molecule has 0 saturated carbocycles. The number of para-hydroxylation sites is 3. The van der Waals surface area contributed by atoms with Crippen molar-refractivity contribution in [2.45, 2.75) is 12.3 Å². The zero-order valence-electron chi connectivity index (χ0n) is 14.0. The van der Waals surface area contributed by atoms with E-state index in [1.807, 2.05) is 35.1 Å². The van der Waals surface area contributed by atoms with Crippen LogP contribution >= 0.6 is 23.4 Å². The topological polar surface area (TPSA) is 56.1 Å². The normalized spacial score (nSPS) is 10.8. The number of imidazole rings is 1. The molecule has 0 atom stereocenters. The summed E-state index contributed by atoms with van der Waals surface area (Å²) >= 11 is 7.78. The van der Waals surface area contributed by atoms with Crippen molar-refractivity contribution in [1.29, 1.82) is 0 Å². The van der Waals surface area contributed by atoms with Crippen molar-refractivity contribution in [3.63, 3.8) is 0 Å². The van der Waals surface area contributed by atoms with Gasteiger partial charge in [-0.25, -0.2) is 4.98 Å². The Bertz CT molecular complexity index is 910. The minimum absolute atomic E-state index is 0.161. The highest BCUT2D eigenvalue weighted by molar-refractivity contribution is 7.97. The van der Waals surface area contributed by atoms with E-state index < -0.39 is 0 Å². The first kappa shape index (κ1) is 17.6. The van der Waals surface area contributed by atoms with Crippen molar-refractivity contribution in [2.75, 3.05) is 18.7 Å². The van der Waals surface area contributed by atoms with E-state index in [4.69, 9.17) is 16.3 Å². The molecule has 0 bridgehead atoms. The minimum Gasteiger partial charge on any atom is -0.493 e. The molecule has 5 nitrogen and oxygen atoms in total. The van der Waals surface area contributed by atoms with Gasteiger partial charge in [0.25, 0.3) is 0 Å². The SMILES string of the molecule is COc1c(Cl)cccc1NC(=O)Cn1c(CSC)nc2ccccc21. The van der Waals surface area contributed by atoms with Crippen molar-refractivity contribution < 1.29 is 9.53 Å². The maximum absolute atomic E-state index is 12.6. The van der Waals surface area contributed by atoms with E-state index in [1.165, 1.54) is 7.11 Å². The highest BCUT2D eigenvalue weighted by Gasteiger charge is 2.15. The fourth-order valence-corrected chi connectivity index (χ4v) is 3.42. The van der Waals surface area contributed by atoms with Gasteiger partial charge in [-0.05, 0) is 30.5 Å². The number of hydrogen-bond donors (Lipinski definition) is 1. The molecule has 0 aliphatic rings. The minimum atomic E-state index is -0.161. The Hall–Kier alpha value is -2.18. The number of thioether (sulfide) groups is 1. The van der Waals surface area contributed by atoms with Gasteiger partial charge in [-0.2, -0.15) is 11.8 Å². The second kappa shape index (κ2) is 7.80. The van der Waals surface area contributed by atoms with Gasteiger partial charge in [-0.3, -0.25) is 4.79 Å². The maximum atomic E-state index is 12.6. The van der Waals surface area contributed by atoms with E-state index >= 15 is 0 Å². The van der Waals surface area contributed by atoms with Gasteiger partial charge in [0.15, 0.2) is 5.75 Å². The zero-order chi connectivity index (χ0) is 17.8. The number of ether oxygens (including phenoxy) is 1. The number of amides is 1. The quantitative estimate of drug-likeness (QED) is 0.701. The van der Waals surface area contributed by atoms with E-state index in [-0.39, 0.29) is 12.5 Å². The van der Waals surface area contributed by atoms with Gasteiger partial charge in [0.2, 0.25) is 5.91 Å². The van der Waals surface area contributed by atoms with E-state index in [0.717, 1.165) is 22.6 Å². The van der Waals surface area contributed by atoms with Crippen LogP contribution < -0.4 is 10.1 Å². The Morgan fingerprint density at radius 2 is 2.08 bits per heavy atom. The molecule has 7 heteroatoms. The lowest BCUT2D eigenvalue weighted by atomic mass is 10.3. The summed E-state index contributed by atoms with van der Waals surface area (Å²) in [4.78, 5) is 17.2. The van der Waals surface area contributed by atoms with E-state index in [0.29, 0.717) is 16.5 Å². The van der Waals surface area contributed by atoms with E-state index in [2.05, 4.69) is 10.3 Å². The van der Waals surface area contributed by atoms with Gasteiger partial charge in [-0.15, -0.1) is 0 Å². The van der Waals surface area contributed by atoms with Crippen LogP contribution in [0.2, 0.25) is 5.02 Å². The van der Waals surface area contributed by atoms with Crippen LogP contribution in [0.25, 0.3) is 11.0 Å². The van der Waals surface area contributed by atoms with Crippen LogP contribution in [0.3, 0.4) is 0 Å². The predicted octanol–water partition coefficient (Wildman–Crippen LogP) is 4.20. The molecule has 3 rings (SSSR count). The third-order valence-corrected chi connectivity index (χ3v) is 4.60. The first-order valence-corrected chi connectivity index (χ1v) is 9.46. The Morgan fingerprint density at radius 3 is 2.84 bits per heavy atom. The molecule has 1 N–H and O–H groups in total. The smallest absolute Gasteiger partial charge is 0.244 e. The number of aromatic nitrogens is 2. The summed E-state index contributed by atoms with van der Waals surface area (Å²) in [7, 11) is 1.52. The summed E-state index contributed by atoms with van der Waals surface area (Å²) in [6.07, 6.45) is 2.01. The van der Waals surface area contributed by atoms with Crippen LogP contribution in [0.5, 0.6) is 5.75 Å². The summed E-state index contributed by atoms with van der Waals surface area (Å²) in [6.45, 7) is 0.173. The van der Waals surface area contributed by atoms with Gasteiger partial charge in [-0.1, -0.05) is 29.8 Å². The molecular formula is C18H18ClN3O2S. The first-order valence-electron chi connectivity index (χ1n) is 7.69. The molecule has 3 aromatic rings. The van der Waals surface area contributed by atoms with Crippen LogP contribution in [-0.2, 0) is 17.1 Å². The molecule has 0 unspecified atom stereocenters. The summed E-state index contributed by atoms with van der Waals surface area (Å²) in [5.41, 5.74) is 2.38. The van der Waals surface area contributed by atoms with Crippen molar-refractivity contribution in [2.24, 2.45) is 0 Å². The molecule has 0 radical (unpaired) electrons. The van der Waals surface area contributed by atoms with Gasteiger partial charge in [0.1, 0.15) is 12.4 Å². The number of anilines is 1. The lowest BCUT2D eigenvalue weighted by molar-refractivity contribution is -0.116. The first-order chi connectivity index (χ1) is 12.1. The van der Waals surface area contributed by atoms with Gasteiger partial charge in [0.05, 0.1) is 34.6 Å². The number of carbonyl (C=O) groups is 1. The second-order valence-electron chi connectivity index (χ2n) is 5.40. The number of hydrogen-bond acceptors (Lipinski definition) is 4. The Morgan fingerprint density at radius 1 is 1.28 bits per heavy atom. The van der Waals surface area contributed by atoms with E-state index in [9.17, 15) is 4.79 Å². The maximum Gasteiger partial charge on any atom is 0.244 e. The standard InChI is InChI=1S/C18H18ClN3O2S/c1-24-18-12(19)6-5-8-14(18)21-17(23)10-22-15-9-4-3-7-13(15)20-16(22)11-25-2/h3-9H,10-11H2,1-2H3,(H,21,23). The number of methoxy groups -OCH3 is 1. The van der Waals surface area contributed by atoms with Crippen LogP contribution in [0.1, 0.15) is 5.82 Å². The van der Waals surface area contributed by atoms with Crippen molar-refractivity contribution in [3.8, 4) is 5.75 Å². The molecule has 1 aromatic heterocycles. The largest absolute Gasteiger partial charge is 0.493 e. The van der Waals surface area contributed by atoms with Crippen LogP contribution in [0.4, 0.5) is 5.69 Å². The molecule has 130 valence electrons. The summed E-state index contributed by atoms with van der Waals surface area (Å²) in [5.74, 6) is 1.91. The fraction of sp³-hybridized carbons (Fsp3) is 0.222. The van der Waals surface area contributed by atoms with Crippen molar-refractivity contribution in [1.82, 2.24) is 9.55 Å². The number of nitrogens with one attached hydrogen (secondary N) is 1. The molecular weight excluding hydrogens is 358 g/mol. The van der Waals surface area contributed by atoms with Gasteiger partial charge in [0, 0.05) is 0 Å². The predicted molar refractivity (Wildman–Crippen MR) is 104 cm³/mol. The van der Waals surface area contributed by atoms with Gasteiger partial charge >= 0.3 is 0 Å². The molecule has 0 spiro atoms. The molecule has 2 aromatic carbocycles. The third-order valence-electron chi connectivity index (χ3n) is 3.75. The zero-order valence-corrected chi connectivity index (χ0v) is 15.5. The Labute approximate surface area is 155 Å². The molecule has 0 aliphatic heterocycles. The van der Waals surface area contributed by atoms with Gasteiger partial charge < -0.3 is 14.6 Å². The molecule has 0 saturated heterocycles. The van der Waals surface area contributed by atoms with Crippen molar-refractivity contribution >= 4 is 46.0 Å². The summed E-state index contributed by atoms with van der Waals surface area (Å²) in [5, 5.41) is 3.33. The number of nitrogens with zero attached hydrogens (tertiary/aromatic N) is 2. The Balaban J connectivity index is 1.87. The number of halogens is 1. The highest BCUT2D eigenvalue weighted by atomic mass is 35.5. The summed E-state index contributed by atoms with van der Waals surface area (Å²) < 4.78 is 7.22. The highest BCUT2D eigenvalue weighted by Crippen LogP contribution is 2.32. The monoisotopic (exact) mass is 375 g/mol. The lowest BCUT2D eigenvalue weighted by Crippen LogP contribution is -2.20. The average Bonchev–Trinajstić information content (AvgIpc) is 2.93. The third kappa shape index (κ3) is 3.75. The van der Waals surface area contributed by atoms with E-state index in [1.54, 1.807) is 30.0 Å². The lowest BCUT2D eigenvalue weighted by Gasteiger charge is -2.13. The number of carbonyl (C=O) groups excluding carboxylic acids is 1.